The van der Waals surface area contributed by atoms with Crippen molar-refractivity contribution in [1.82, 2.24) is 0 Å². The summed E-state index contributed by atoms with van der Waals surface area (Å²) in [5, 5.41) is 0. The van der Waals surface area contributed by atoms with E-state index in [1.807, 2.05) is 6.92 Å². The minimum Gasteiger partial charge on any atom is -0.744 e. The molecular formula is C24H44BrNO3S. The van der Waals surface area contributed by atoms with E-state index in [-0.39, 0.29) is 4.90 Å². The van der Waals surface area contributed by atoms with Crippen LogP contribution >= 0.6 is 15.9 Å². The molecule has 0 heterocycles. The highest BCUT2D eigenvalue weighted by atomic mass is 79.9. The van der Waals surface area contributed by atoms with Crippen molar-refractivity contribution in [3.63, 3.8) is 0 Å². The fourth-order valence-corrected chi connectivity index (χ4v) is 3.87. The SMILES string of the molecule is CCCCCCCCCCCCCC[N+](C)(C)CBr.Cc1ccc(S(=O)(=O)[O-])cc1. The predicted molar refractivity (Wildman–Crippen MR) is 131 cm³/mol. The quantitative estimate of drug-likeness (QED) is 0.0845. The van der Waals surface area contributed by atoms with Gasteiger partial charge >= 0.3 is 0 Å². The van der Waals surface area contributed by atoms with Crippen molar-refractivity contribution in [3.8, 4) is 0 Å². The largest absolute Gasteiger partial charge is 0.744 e. The molecule has 30 heavy (non-hydrogen) atoms. The number of halogens is 1. The van der Waals surface area contributed by atoms with E-state index in [1.165, 1.54) is 95.7 Å². The van der Waals surface area contributed by atoms with Gasteiger partial charge in [0.25, 0.3) is 0 Å². The maximum Gasteiger partial charge on any atom is 0.133 e. The van der Waals surface area contributed by atoms with E-state index in [0.29, 0.717) is 0 Å². The van der Waals surface area contributed by atoms with Crippen LogP contribution in [0.4, 0.5) is 0 Å². The van der Waals surface area contributed by atoms with E-state index in [4.69, 9.17) is 0 Å². The van der Waals surface area contributed by atoms with Gasteiger partial charge in [0.2, 0.25) is 0 Å². The first kappa shape index (κ1) is 29.6. The third-order valence-electron chi connectivity index (χ3n) is 5.25. The van der Waals surface area contributed by atoms with Gasteiger partial charge in [-0.2, -0.15) is 0 Å². The standard InChI is InChI=1S/C17H37BrN.C7H8O3S/c1-4-5-6-7-8-9-10-11-12-13-14-15-16-19(2,3)17-18;1-6-2-4-7(5-3-6)11(8,9)10/h4-17H2,1-3H3;2-5H,1H3,(H,8,9,10)/q+1;/p-1. The molecule has 0 atom stereocenters. The molecule has 0 amide bonds. The van der Waals surface area contributed by atoms with E-state index in [0.717, 1.165) is 15.5 Å². The second-order valence-corrected chi connectivity index (χ2v) is 10.8. The molecular weight excluding hydrogens is 462 g/mol. The van der Waals surface area contributed by atoms with Gasteiger partial charge in [-0.1, -0.05) is 88.8 Å². The van der Waals surface area contributed by atoms with Gasteiger partial charge in [-0.25, -0.2) is 8.42 Å². The van der Waals surface area contributed by atoms with Crippen molar-refractivity contribution in [3.05, 3.63) is 29.8 Å². The smallest absolute Gasteiger partial charge is 0.133 e. The Morgan fingerprint density at radius 3 is 1.57 bits per heavy atom. The number of rotatable bonds is 15. The molecule has 1 rings (SSSR count). The first-order chi connectivity index (χ1) is 14.1. The number of benzene rings is 1. The molecule has 0 aliphatic heterocycles. The summed E-state index contributed by atoms with van der Waals surface area (Å²) in [4.78, 5) is -0.178. The van der Waals surface area contributed by atoms with Crippen molar-refractivity contribution in [2.24, 2.45) is 0 Å². The molecule has 176 valence electrons. The first-order valence-electron chi connectivity index (χ1n) is 11.5. The van der Waals surface area contributed by atoms with Crippen LogP contribution in [0.2, 0.25) is 0 Å². The third-order valence-corrected chi connectivity index (χ3v) is 7.46. The van der Waals surface area contributed by atoms with E-state index >= 15 is 0 Å². The Labute approximate surface area is 194 Å². The molecule has 0 N–H and O–H groups in total. The van der Waals surface area contributed by atoms with Crippen molar-refractivity contribution in [1.29, 1.82) is 0 Å². The van der Waals surface area contributed by atoms with Gasteiger partial charge in [0.15, 0.2) is 0 Å². The molecule has 0 bridgehead atoms. The zero-order valence-electron chi connectivity index (χ0n) is 19.7. The number of alkyl halides is 1. The van der Waals surface area contributed by atoms with Gasteiger partial charge in [0.1, 0.15) is 15.6 Å². The fraction of sp³-hybridized carbons (Fsp3) is 0.750. The van der Waals surface area contributed by atoms with E-state index in [2.05, 4.69) is 36.9 Å². The molecule has 4 nitrogen and oxygen atoms in total. The second kappa shape index (κ2) is 17.2. The van der Waals surface area contributed by atoms with Gasteiger partial charge < -0.3 is 9.04 Å². The normalized spacial score (nSPS) is 11.8. The van der Waals surface area contributed by atoms with Crippen LogP contribution in [-0.4, -0.2) is 43.5 Å². The van der Waals surface area contributed by atoms with Crippen LogP contribution in [0.25, 0.3) is 0 Å². The monoisotopic (exact) mass is 505 g/mol. The lowest BCUT2D eigenvalue weighted by Crippen LogP contribution is -2.38. The average Bonchev–Trinajstić information content (AvgIpc) is 2.69. The van der Waals surface area contributed by atoms with Gasteiger partial charge in [0, 0.05) is 0 Å². The Bertz CT molecular complexity index is 630. The van der Waals surface area contributed by atoms with E-state index < -0.39 is 10.1 Å². The van der Waals surface area contributed by atoms with Crippen molar-refractivity contribution < 1.29 is 17.5 Å². The fourth-order valence-electron chi connectivity index (χ4n) is 3.15. The number of nitrogens with zero attached hydrogens (tertiary/aromatic N) is 1. The van der Waals surface area contributed by atoms with Gasteiger partial charge in [-0.3, -0.25) is 0 Å². The molecule has 0 fully saturated rings. The average molecular weight is 507 g/mol. The molecule has 0 aliphatic rings. The molecule has 6 heteroatoms. The Morgan fingerprint density at radius 2 is 1.20 bits per heavy atom. The molecule has 1 aromatic carbocycles. The molecule has 0 radical (unpaired) electrons. The molecule has 0 saturated heterocycles. The summed E-state index contributed by atoms with van der Waals surface area (Å²) in [6.45, 7) is 5.42. The molecule has 0 spiro atoms. The summed E-state index contributed by atoms with van der Waals surface area (Å²) in [7, 11) is 0.328. The molecule has 1 aromatic rings. The lowest BCUT2D eigenvalue weighted by molar-refractivity contribution is -0.876. The highest BCUT2D eigenvalue weighted by Gasteiger charge is 2.10. The topological polar surface area (TPSA) is 57.2 Å². The molecule has 0 aliphatic carbocycles. The van der Waals surface area contributed by atoms with Gasteiger partial charge in [-0.05, 0) is 47.8 Å². The number of aryl methyl sites for hydroxylation is 1. The zero-order valence-corrected chi connectivity index (χ0v) is 22.1. The Kier molecular flexibility index (Phi) is 16.9. The summed E-state index contributed by atoms with van der Waals surface area (Å²) in [5.41, 5.74) is 2.00. The summed E-state index contributed by atoms with van der Waals surface area (Å²) >= 11 is 3.58. The van der Waals surface area contributed by atoms with Crippen LogP contribution in [0.15, 0.2) is 29.2 Å². The van der Waals surface area contributed by atoms with E-state index in [1.54, 1.807) is 12.1 Å². The highest BCUT2D eigenvalue weighted by Crippen LogP contribution is 2.13. The second-order valence-electron chi connectivity index (χ2n) is 8.94. The molecule has 0 unspecified atom stereocenters. The lowest BCUT2D eigenvalue weighted by atomic mass is 10.1. The Morgan fingerprint density at radius 1 is 0.800 bits per heavy atom. The van der Waals surface area contributed by atoms with Crippen LogP contribution in [0.5, 0.6) is 0 Å². The number of hydrogen-bond acceptors (Lipinski definition) is 3. The predicted octanol–water partition coefficient (Wildman–Crippen LogP) is 7.02. The molecule has 0 aromatic heterocycles. The van der Waals surface area contributed by atoms with Gasteiger partial charge in [-0.15, -0.1) is 0 Å². The minimum atomic E-state index is -4.27. The molecule has 0 saturated carbocycles. The summed E-state index contributed by atoms with van der Waals surface area (Å²) in [6.07, 6.45) is 17.3. The summed E-state index contributed by atoms with van der Waals surface area (Å²) in [5.74, 6) is 0. The number of unbranched alkanes of at least 4 members (excludes halogenated alkanes) is 11. The summed E-state index contributed by atoms with van der Waals surface area (Å²) in [6, 6.07) is 5.78. The Hall–Kier alpha value is -0.430. The van der Waals surface area contributed by atoms with E-state index in [9.17, 15) is 13.0 Å². The van der Waals surface area contributed by atoms with Gasteiger partial charge in [0.05, 0.1) is 25.5 Å². The van der Waals surface area contributed by atoms with Crippen molar-refractivity contribution in [2.45, 2.75) is 95.8 Å². The first-order valence-corrected chi connectivity index (χ1v) is 14.1. The minimum absolute atomic E-state index is 0.178. The van der Waals surface area contributed by atoms with Crippen LogP contribution in [0.1, 0.15) is 89.5 Å². The zero-order chi connectivity index (χ0) is 22.9. The number of hydrogen-bond donors (Lipinski definition) is 0. The Balaban J connectivity index is 0.000000642. The maximum absolute atomic E-state index is 10.4. The maximum atomic E-state index is 10.4. The number of quaternary nitrogens is 1. The van der Waals surface area contributed by atoms with Crippen LogP contribution in [0.3, 0.4) is 0 Å². The van der Waals surface area contributed by atoms with Crippen molar-refractivity contribution in [2.75, 3.05) is 26.1 Å². The lowest BCUT2D eigenvalue weighted by Gasteiger charge is -2.26. The van der Waals surface area contributed by atoms with Crippen LogP contribution in [-0.2, 0) is 10.1 Å². The third kappa shape index (κ3) is 17.3. The van der Waals surface area contributed by atoms with Crippen LogP contribution in [0, 0.1) is 6.92 Å². The summed E-state index contributed by atoms with van der Waals surface area (Å²) < 4.78 is 32.3. The van der Waals surface area contributed by atoms with Crippen LogP contribution < -0.4 is 0 Å². The highest BCUT2D eigenvalue weighted by molar-refractivity contribution is 9.09. The van der Waals surface area contributed by atoms with Crippen molar-refractivity contribution >= 4 is 26.0 Å².